The predicted octanol–water partition coefficient (Wildman–Crippen LogP) is 0.475. The Labute approximate surface area is 156 Å². The van der Waals surface area contributed by atoms with Crippen LogP contribution in [-0.2, 0) is 6.54 Å². The van der Waals surface area contributed by atoms with Crippen molar-refractivity contribution in [1.82, 2.24) is 15.3 Å². The molecular formula is C17H24N8O2. The maximum Gasteiger partial charge on any atom is 0.326 e. The fourth-order valence-electron chi connectivity index (χ4n) is 2.22. The number of guanidine groups is 1. The molecule has 1 aromatic carbocycles. The second-order valence-electron chi connectivity index (χ2n) is 5.82. The van der Waals surface area contributed by atoms with Crippen molar-refractivity contribution in [2.45, 2.75) is 19.9 Å². The highest BCUT2D eigenvalue weighted by Gasteiger charge is 2.07. The lowest BCUT2D eigenvalue weighted by atomic mass is 10.2. The molecule has 0 spiro atoms. The summed E-state index contributed by atoms with van der Waals surface area (Å²) >= 11 is 0. The van der Waals surface area contributed by atoms with Crippen LogP contribution in [0.4, 0.5) is 16.4 Å². The molecule has 0 aliphatic heterocycles. The first-order chi connectivity index (χ1) is 13.0. The van der Waals surface area contributed by atoms with Gasteiger partial charge < -0.3 is 22.1 Å². The number of H-pyrrole nitrogens is 1. The average molecular weight is 372 g/mol. The molecule has 0 fully saturated rings. The van der Waals surface area contributed by atoms with E-state index in [9.17, 15) is 9.59 Å². The van der Waals surface area contributed by atoms with Crippen LogP contribution in [0.1, 0.15) is 17.5 Å². The molecule has 0 radical (unpaired) electrons. The number of aryl methyl sites for hydroxylation is 1. The van der Waals surface area contributed by atoms with Gasteiger partial charge in [-0.1, -0.05) is 18.2 Å². The highest BCUT2D eigenvalue weighted by atomic mass is 16.2. The number of amides is 2. The summed E-state index contributed by atoms with van der Waals surface area (Å²) in [5, 5.41) is 8.31. The van der Waals surface area contributed by atoms with Gasteiger partial charge in [0.05, 0.1) is 0 Å². The summed E-state index contributed by atoms with van der Waals surface area (Å²) in [5.41, 5.74) is 12.2. The fraction of sp³-hybridized carbons (Fsp3) is 0.294. The Hall–Kier alpha value is -3.40. The minimum atomic E-state index is -0.488. The number of aromatic nitrogens is 2. The molecule has 0 saturated carbocycles. The van der Waals surface area contributed by atoms with E-state index in [-0.39, 0.29) is 17.5 Å². The van der Waals surface area contributed by atoms with E-state index >= 15 is 0 Å². The van der Waals surface area contributed by atoms with Crippen LogP contribution >= 0.6 is 0 Å². The number of urea groups is 1. The van der Waals surface area contributed by atoms with Gasteiger partial charge in [-0.15, -0.1) is 0 Å². The number of carbonyl (C=O) groups excluding carboxylic acids is 1. The summed E-state index contributed by atoms with van der Waals surface area (Å²) in [6.07, 6.45) is 2.16. The first-order valence-corrected chi connectivity index (χ1v) is 8.43. The van der Waals surface area contributed by atoms with Crippen LogP contribution in [0.2, 0.25) is 0 Å². The van der Waals surface area contributed by atoms with Crippen molar-refractivity contribution in [3.05, 3.63) is 51.9 Å². The minimum absolute atomic E-state index is 0.0604. The lowest BCUT2D eigenvalue weighted by molar-refractivity contribution is 0.262. The zero-order valence-electron chi connectivity index (χ0n) is 15.1. The van der Waals surface area contributed by atoms with Gasteiger partial charge in [-0.25, -0.2) is 9.78 Å². The summed E-state index contributed by atoms with van der Waals surface area (Å²) < 4.78 is 0. The van der Waals surface area contributed by atoms with Crippen molar-refractivity contribution < 1.29 is 4.79 Å². The van der Waals surface area contributed by atoms with Crippen molar-refractivity contribution in [3.8, 4) is 0 Å². The lowest BCUT2D eigenvalue weighted by Crippen LogP contribution is -2.26. The number of para-hydroxylation sites is 1. The molecule has 2 rings (SSSR count). The summed E-state index contributed by atoms with van der Waals surface area (Å²) in [7, 11) is 0. The molecule has 0 saturated heterocycles. The van der Waals surface area contributed by atoms with E-state index in [1.54, 1.807) is 6.07 Å². The lowest BCUT2D eigenvalue weighted by Gasteiger charge is -2.09. The number of benzene rings is 1. The average Bonchev–Trinajstić information content (AvgIpc) is 2.61. The van der Waals surface area contributed by atoms with Gasteiger partial charge in [-0.2, -0.15) is 0 Å². The molecule has 0 unspecified atom stereocenters. The number of hydrogen-bond donors (Lipinski definition) is 6. The molecule has 0 aliphatic rings. The van der Waals surface area contributed by atoms with Crippen LogP contribution in [0.25, 0.3) is 0 Å². The number of anilines is 2. The van der Waals surface area contributed by atoms with Gasteiger partial charge in [-0.05, 0) is 31.5 Å². The molecule has 2 aromatic rings. The molecule has 1 aromatic heterocycles. The summed E-state index contributed by atoms with van der Waals surface area (Å²) in [4.78, 5) is 34.6. The second-order valence-corrected chi connectivity index (χ2v) is 5.82. The van der Waals surface area contributed by atoms with Gasteiger partial charge >= 0.3 is 6.03 Å². The van der Waals surface area contributed by atoms with Gasteiger partial charge in [0.25, 0.3) is 5.56 Å². The van der Waals surface area contributed by atoms with Crippen molar-refractivity contribution >= 4 is 23.6 Å². The van der Waals surface area contributed by atoms with E-state index in [0.29, 0.717) is 30.9 Å². The number of rotatable bonds is 8. The molecule has 27 heavy (non-hydrogen) atoms. The van der Waals surface area contributed by atoms with Gasteiger partial charge in [0.15, 0.2) is 5.96 Å². The third-order valence-corrected chi connectivity index (χ3v) is 3.62. The predicted molar refractivity (Wildman–Crippen MR) is 106 cm³/mol. The van der Waals surface area contributed by atoms with Crippen LogP contribution < -0.4 is 33.0 Å². The molecule has 144 valence electrons. The Morgan fingerprint density at radius 3 is 2.74 bits per heavy atom. The van der Waals surface area contributed by atoms with E-state index < -0.39 is 6.03 Å². The third-order valence-electron chi connectivity index (χ3n) is 3.62. The topological polar surface area (TPSA) is 163 Å². The number of aromatic amines is 1. The molecule has 1 heterocycles. The minimum Gasteiger partial charge on any atom is -0.370 e. The Kier molecular flexibility index (Phi) is 7.32. The number of carbonyl (C=O) groups is 1. The molecule has 0 bridgehead atoms. The standard InChI is InChI=1S/C17H24N8O2/c1-11-5-2-3-6-13(11)23-17(27)25-16-22-10-12(14(26)24-16)9-20-7-4-8-21-15(18)19/h2-3,5-6,10,20H,4,7-9H2,1H3,(H4,18,19,21)(H3,22,23,24,25,26,27). The van der Waals surface area contributed by atoms with E-state index in [4.69, 9.17) is 11.5 Å². The van der Waals surface area contributed by atoms with Gasteiger partial charge in [0.1, 0.15) is 0 Å². The van der Waals surface area contributed by atoms with Crippen LogP contribution in [0.15, 0.2) is 40.2 Å². The number of hydrogen-bond acceptors (Lipinski definition) is 5. The molecular weight excluding hydrogens is 348 g/mol. The van der Waals surface area contributed by atoms with Crippen molar-refractivity contribution in [1.29, 1.82) is 0 Å². The second kappa shape index (κ2) is 9.92. The Bertz CT molecular complexity index is 858. The Morgan fingerprint density at radius 2 is 2.04 bits per heavy atom. The third kappa shape index (κ3) is 6.78. The Morgan fingerprint density at radius 1 is 1.26 bits per heavy atom. The van der Waals surface area contributed by atoms with Crippen LogP contribution in [0.5, 0.6) is 0 Å². The summed E-state index contributed by atoms with van der Waals surface area (Å²) in [6, 6.07) is 6.88. The van der Waals surface area contributed by atoms with Gasteiger partial charge in [0.2, 0.25) is 5.95 Å². The zero-order chi connectivity index (χ0) is 19.6. The maximum absolute atomic E-state index is 12.1. The molecule has 0 aliphatic carbocycles. The smallest absolute Gasteiger partial charge is 0.326 e. The molecule has 2 amide bonds. The molecule has 0 atom stereocenters. The van der Waals surface area contributed by atoms with Crippen molar-refractivity contribution in [2.24, 2.45) is 16.5 Å². The van der Waals surface area contributed by atoms with Crippen LogP contribution in [-0.4, -0.2) is 35.0 Å². The van der Waals surface area contributed by atoms with Crippen molar-refractivity contribution in [3.63, 3.8) is 0 Å². The van der Waals surface area contributed by atoms with Gasteiger partial charge in [-0.3, -0.25) is 20.1 Å². The molecule has 10 heteroatoms. The summed E-state index contributed by atoms with van der Waals surface area (Å²) in [6.45, 7) is 3.40. The number of nitrogens with one attached hydrogen (secondary N) is 4. The number of nitrogens with zero attached hydrogens (tertiary/aromatic N) is 2. The zero-order valence-corrected chi connectivity index (χ0v) is 15.1. The highest BCUT2D eigenvalue weighted by molar-refractivity contribution is 5.99. The fourth-order valence-corrected chi connectivity index (χ4v) is 2.22. The SMILES string of the molecule is Cc1ccccc1NC(=O)Nc1ncc(CNCCCN=C(N)N)c(=O)[nH]1. The van der Waals surface area contributed by atoms with E-state index in [1.807, 2.05) is 25.1 Å². The first kappa shape index (κ1) is 19.9. The first-order valence-electron chi connectivity index (χ1n) is 8.43. The largest absolute Gasteiger partial charge is 0.370 e. The monoisotopic (exact) mass is 372 g/mol. The normalized spacial score (nSPS) is 10.3. The van der Waals surface area contributed by atoms with E-state index in [1.165, 1.54) is 6.20 Å². The van der Waals surface area contributed by atoms with Crippen molar-refractivity contribution in [2.75, 3.05) is 23.7 Å². The van der Waals surface area contributed by atoms with E-state index in [2.05, 4.69) is 30.9 Å². The van der Waals surface area contributed by atoms with Crippen LogP contribution in [0, 0.1) is 6.92 Å². The maximum atomic E-state index is 12.1. The Balaban J connectivity index is 1.83. The summed E-state index contributed by atoms with van der Waals surface area (Å²) in [5.74, 6) is 0.132. The number of aliphatic imine (C=N–C) groups is 1. The molecule has 10 nitrogen and oxygen atoms in total. The van der Waals surface area contributed by atoms with E-state index in [0.717, 1.165) is 12.0 Å². The molecule has 8 N–H and O–H groups in total. The highest BCUT2D eigenvalue weighted by Crippen LogP contribution is 2.13. The quantitative estimate of drug-likeness (QED) is 0.224. The van der Waals surface area contributed by atoms with Crippen LogP contribution in [0.3, 0.4) is 0 Å². The van der Waals surface area contributed by atoms with Gasteiger partial charge in [0, 0.05) is 30.5 Å². The number of nitrogens with two attached hydrogens (primary N) is 2.